The maximum absolute atomic E-state index is 12.1. The van der Waals surface area contributed by atoms with Crippen molar-refractivity contribution < 1.29 is 17.9 Å². The number of primary sulfonamides is 1. The Balaban J connectivity index is 2.06. The molecule has 0 spiro atoms. The lowest BCUT2D eigenvalue weighted by molar-refractivity contribution is 0.0642. The molecule has 1 fully saturated rings. The van der Waals surface area contributed by atoms with Gasteiger partial charge in [-0.25, -0.2) is 13.6 Å². The Morgan fingerprint density at radius 3 is 2.62 bits per heavy atom. The number of rotatable bonds is 4. The number of ether oxygens (including phenoxy) is 1. The van der Waals surface area contributed by atoms with Crippen LogP contribution in [0.2, 0.25) is 0 Å². The first-order valence-corrected chi connectivity index (χ1v) is 8.41. The van der Waals surface area contributed by atoms with Gasteiger partial charge in [-0.05, 0) is 49.4 Å². The van der Waals surface area contributed by atoms with Crippen molar-refractivity contribution in [1.29, 1.82) is 0 Å². The minimum atomic E-state index is -3.81. The van der Waals surface area contributed by atoms with Crippen LogP contribution in [0.3, 0.4) is 0 Å². The molecule has 6 nitrogen and oxygen atoms in total. The molecule has 1 aliphatic heterocycles. The summed E-state index contributed by atoms with van der Waals surface area (Å²) in [7, 11) is -3.81. The number of nitrogens with two attached hydrogens (primary N) is 1. The molecular weight excluding hydrogens is 292 g/mol. The molecular formula is C14H20N2O4S. The molecule has 1 aromatic carbocycles. The quantitative estimate of drug-likeness (QED) is 0.859. The average molecular weight is 312 g/mol. The predicted octanol–water partition coefficient (Wildman–Crippen LogP) is 0.799. The van der Waals surface area contributed by atoms with Gasteiger partial charge in [-0.1, -0.05) is 0 Å². The van der Waals surface area contributed by atoms with Crippen LogP contribution in [0.15, 0.2) is 23.1 Å². The number of nitrogens with one attached hydrogen (secondary N) is 1. The molecule has 0 bridgehead atoms. The molecule has 3 N–H and O–H groups in total. The van der Waals surface area contributed by atoms with Gasteiger partial charge in [0, 0.05) is 25.3 Å². The lowest BCUT2D eigenvalue weighted by Crippen LogP contribution is -2.32. The van der Waals surface area contributed by atoms with Crippen molar-refractivity contribution in [2.45, 2.75) is 24.7 Å². The number of carbonyl (C=O) groups excluding carboxylic acids is 1. The molecule has 1 amide bonds. The Bertz CT molecular complexity index is 622. The molecule has 0 aliphatic carbocycles. The molecule has 0 radical (unpaired) electrons. The predicted molar refractivity (Wildman–Crippen MR) is 78.4 cm³/mol. The minimum Gasteiger partial charge on any atom is -0.381 e. The molecule has 21 heavy (non-hydrogen) atoms. The van der Waals surface area contributed by atoms with E-state index in [2.05, 4.69) is 5.32 Å². The van der Waals surface area contributed by atoms with Gasteiger partial charge in [0.05, 0.1) is 4.90 Å². The van der Waals surface area contributed by atoms with E-state index < -0.39 is 10.0 Å². The lowest BCUT2D eigenvalue weighted by atomic mass is 10.0. The Morgan fingerprint density at radius 1 is 1.33 bits per heavy atom. The summed E-state index contributed by atoms with van der Waals surface area (Å²) in [6, 6.07) is 4.40. The van der Waals surface area contributed by atoms with Gasteiger partial charge in [0.15, 0.2) is 0 Å². The Hall–Kier alpha value is -1.44. The van der Waals surface area contributed by atoms with E-state index in [1.54, 1.807) is 13.0 Å². The Labute approximate surface area is 124 Å². The van der Waals surface area contributed by atoms with Crippen molar-refractivity contribution in [3.63, 3.8) is 0 Å². The summed E-state index contributed by atoms with van der Waals surface area (Å²) in [5, 5.41) is 7.96. The summed E-state index contributed by atoms with van der Waals surface area (Å²) in [5.41, 5.74) is 0.990. The summed E-state index contributed by atoms with van der Waals surface area (Å²) in [5.74, 6) is 0.125. The highest BCUT2D eigenvalue weighted by Crippen LogP contribution is 2.15. The zero-order chi connectivity index (χ0) is 15.5. The highest BCUT2D eigenvalue weighted by molar-refractivity contribution is 7.89. The minimum absolute atomic E-state index is 0.0429. The van der Waals surface area contributed by atoms with Crippen molar-refractivity contribution in [3.05, 3.63) is 29.3 Å². The van der Waals surface area contributed by atoms with Gasteiger partial charge in [-0.15, -0.1) is 0 Å². The topological polar surface area (TPSA) is 98.5 Å². The van der Waals surface area contributed by atoms with Gasteiger partial charge in [0.25, 0.3) is 5.91 Å². The van der Waals surface area contributed by atoms with E-state index in [1.165, 1.54) is 12.1 Å². The fraction of sp³-hybridized carbons (Fsp3) is 0.500. The fourth-order valence-corrected chi connectivity index (χ4v) is 2.97. The molecule has 1 saturated heterocycles. The molecule has 2 rings (SSSR count). The van der Waals surface area contributed by atoms with Crippen LogP contribution in [0.1, 0.15) is 28.8 Å². The third-order valence-corrected chi connectivity index (χ3v) is 4.43. The number of hydrogen-bond acceptors (Lipinski definition) is 4. The zero-order valence-electron chi connectivity index (χ0n) is 12.0. The van der Waals surface area contributed by atoms with Crippen molar-refractivity contribution >= 4 is 15.9 Å². The normalized spacial score (nSPS) is 16.7. The van der Waals surface area contributed by atoms with Crippen molar-refractivity contribution in [1.82, 2.24) is 5.32 Å². The maximum atomic E-state index is 12.1. The van der Waals surface area contributed by atoms with Gasteiger partial charge >= 0.3 is 0 Å². The molecule has 1 aromatic rings. The summed E-state index contributed by atoms with van der Waals surface area (Å²) in [6.45, 7) is 3.74. The highest BCUT2D eigenvalue weighted by Gasteiger charge is 2.17. The van der Waals surface area contributed by atoms with Crippen molar-refractivity contribution in [2.75, 3.05) is 19.8 Å². The maximum Gasteiger partial charge on any atom is 0.251 e. The SMILES string of the molecule is Cc1cc(C(=O)NCC2CCOCC2)cc(S(N)(=O)=O)c1. The second kappa shape index (κ2) is 6.55. The van der Waals surface area contributed by atoms with E-state index in [0.29, 0.717) is 23.6 Å². The molecule has 7 heteroatoms. The van der Waals surface area contributed by atoms with Crippen LogP contribution < -0.4 is 10.5 Å². The van der Waals surface area contributed by atoms with Gasteiger partial charge in [0.1, 0.15) is 0 Å². The fourth-order valence-electron chi connectivity index (χ4n) is 2.33. The smallest absolute Gasteiger partial charge is 0.251 e. The highest BCUT2D eigenvalue weighted by atomic mass is 32.2. The number of sulfonamides is 1. The van der Waals surface area contributed by atoms with Gasteiger partial charge < -0.3 is 10.1 Å². The largest absolute Gasteiger partial charge is 0.381 e. The first-order valence-electron chi connectivity index (χ1n) is 6.86. The standard InChI is InChI=1S/C14H20N2O4S/c1-10-6-12(8-13(7-10)21(15,18)19)14(17)16-9-11-2-4-20-5-3-11/h6-8,11H,2-5,9H2,1H3,(H,16,17)(H2,15,18,19). The number of hydrogen-bond donors (Lipinski definition) is 2. The third-order valence-electron chi connectivity index (χ3n) is 3.53. The first kappa shape index (κ1) is 15.9. The van der Waals surface area contributed by atoms with Gasteiger partial charge in [0.2, 0.25) is 10.0 Å². The van der Waals surface area contributed by atoms with Crippen molar-refractivity contribution in [3.8, 4) is 0 Å². The molecule has 0 unspecified atom stereocenters. The van der Waals surface area contributed by atoms with Crippen molar-refractivity contribution in [2.24, 2.45) is 11.1 Å². The van der Waals surface area contributed by atoms with Gasteiger partial charge in [-0.3, -0.25) is 4.79 Å². The molecule has 116 valence electrons. The van der Waals surface area contributed by atoms with E-state index in [9.17, 15) is 13.2 Å². The van der Waals surface area contributed by atoms with E-state index in [4.69, 9.17) is 9.88 Å². The summed E-state index contributed by atoms with van der Waals surface area (Å²) >= 11 is 0. The van der Waals surface area contributed by atoms with Crippen LogP contribution in [-0.4, -0.2) is 34.1 Å². The second-order valence-corrected chi connectivity index (χ2v) is 6.91. The van der Waals surface area contributed by atoms with E-state index in [0.717, 1.165) is 26.1 Å². The Morgan fingerprint density at radius 2 is 2.00 bits per heavy atom. The number of carbonyl (C=O) groups is 1. The van der Waals surface area contributed by atoms with E-state index >= 15 is 0 Å². The van der Waals surface area contributed by atoms with Crippen LogP contribution in [0, 0.1) is 12.8 Å². The second-order valence-electron chi connectivity index (χ2n) is 5.35. The van der Waals surface area contributed by atoms with Crippen LogP contribution >= 0.6 is 0 Å². The summed E-state index contributed by atoms with van der Waals surface area (Å²) in [6.07, 6.45) is 1.85. The number of aryl methyl sites for hydroxylation is 1. The van der Waals surface area contributed by atoms with Crippen LogP contribution in [0.5, 0.6) is 0 Å². The lowest BCUT2D eigenvalue weighted by Gasteiger charge is -2.22. The van der Waals surface area contributed by atoms with E-state index in [-0.39, 0.29) is 10.8 Å². The Kier molecular flexibility index (Phi) is 4.97. The number of amides is 1. The monoisotopic (exact) mass is 312 g/mol. The third kappa shape index (κ3) is 4.52. The van der Waals surface area contributed by atoms with Crippen LogP contribution in [-0.2, 0) is 14.8 Å². The zero-order valence-corrected chi connectivity index (χ0v) is 12.8. The molecule has 0 saturated carbocycles. The number of benzene rings is 1. The van der Waals surface area contributed by atoms with E-state index in [1.807, 2.05) is 0 Å². The molecule has 0 aromatic heterocycles. The average Bonchev–Trinajstić information content (AvgIpc) is 2.44. The first-order chi connectivity index (χ1) is 9.86. The molecule has 0 atom stereocenters. The van der Waals surface area contributed by atoms with Crippen LogP contribution in [0.25, 0.3) is 0 Å². The summed E-state index contributed by atoms with van der Waals surface area (Å²) in [4.78, 5) is 12.1. The summed E-state index contributed by atoms with van der Waals surface area (Å²) < 4.78 is 28.1. The molecule has 1 heterocycles. The van der Waals surface area contributed by atoms with Gasteiger partial charge in [-0.2, -0.15) is 0 Å². The van der Waals surface area contributed by atoms with Crippen LogP contribution in [0.4, 0.5) is 0 Å². The molecule has 1 aliphatic rings.